The molecule has 1 saturated heterocycles. The summed E-state index contributed by atoms with van der Waals surface area (Å²) in [6.45, 7) is 2.83. The molecule has 5 nitrogen and oxygen atoms in total. The summed E-state index contributed by atoms with van der Waals surface area (Å²) >= 11 is 0. The summed E-state index contributed by atoms with van der Waals surface area (Å²) < 4.78 is 14.3. The molecule has 0 unspecified atom stereocenters. The monoisotopic (exact) mass is 365 g/mol. The highest BCUT2D eigenvalue weighted by Gasteiger charge is 2.23. The molecule has 0 amide bonds. The van der Waals surface area contributed by atoms with Crippen LogP contribution in [0.5, 0.6) is 5.75 Å². The Kier molecular flexibility index (Phi) is 4.62. The number of ether oxygens (including phenoxy) is 1. The molecular weight excluding hydrogens is 338 g/mol. The Hall–Kier alpha value is -2.27. The number of nitrogens with zero attached hydrogens (tertiary/aromatic N) is 3. The Morgan fingerprint density at radius 3 is 2.70 bits per heavy atom. The van der Waals surface area contributed by atoms with Crippen molar-refractivity contribution in [3.05, 3.63) is 48.8 Å². The number of likely N-dealkylation sites (tertiary alicyclic amines) is 1. The van der Waals surface area contributed by atoms with Gasteiger partial charge in [-0.15, -0.1) is 0 Å². The second kappa shape index (κ2) is 7.39. The highest BCUT2D eigenvalue weighted by molar-refractivity contribution is 5.86. The molecule has 1 aliphatic carbocycles. The molecule has 2 fully saturated rings. The first-order chi connectivity index (χ1) is 13.4. The summed E-state index contributed by atoms with van der Waals surface area (Å²) in [5.74, 6) is 1.84. The van der Waals surface area contributed by atoms with Crippen LogP contribution in [-0.4, -0.2) is 33.6 Å². The van der Waals surface area contributed by atoms with Crippen LogP contribution >= 0.6 is 0 Å². The molecule has 0 atom stereocenters. The fourth-order valence-corrected chi connectivity index (χ4v) is 4.65. The third kappa shape index (κ3) is 3.48. The van der Waals surface area contributed by atoms with E-state index in [1.807, 2.05) is 0 Å². The normalized spacial score (nSPS) is 19.9. The van der Waals surface area contributed by atoms with E-state index in [1.165, 1.54) is 36.6 Å². The third-order valence-corrected chi connectivity index (χ3v) is 6.11. The van der Waals surface area contributed by atoms with Crippen LogP contribution in [0.4, 0.5) is 0 Å². The van der Waals surface area contributed by atoms with Crippen LogP contribution in [0.2, 0.25) is 0 Å². The number of aromatic nitrogens is 2. The number of benzene rings is 1. The molecule has 1 aromatic carbocycles. The van der Waals surface area contributed by atoms with E-state index in [-0.39, 0.29) is 6.10 Å². The van der Waals surface area contributed by atoms with Crippen molar-refractivity contribution in [1.82, 2.24) is 14.5 Å². The Labute approximate surface area is 159 Å². The van der Waals surface area contributed by atoms with Crippen molar-refractivity contribution in [2.75, 3.05) is 13.1 Å². The summed E-state index contributed by atoms with van der Waals surface area (Å²) in [4.78, 5) is 6.62. The predicted molar refractivity (Wildman–Crippen MR) is 105 cm³/mol. The Morgan fingerprint density at radius 2 is 1.93 bits per heavy atom. The maximum absolute atomic E-state index is 6.45. The Bertz CT molecular complexity index is 872. The fourth-order valence-electron chi connectivity index (χ4n) is 4.65. The first-order valence-electron chi connectivity index (χ1n) is 10.2. The van der Waals surface area contributed by atoms with Crippen LogP contribution in [0.15, 0.2) is 47.3 Å². The van der Waals surface area contributed by atoms with Gasteiger partial charge in [-0.25, -0.2) is 4.98 Å². The third-order valence-electron chi connectivity index (χ3n) is 6.11. The molecule has 0 radical (unpaired) electrons. The van der Waals surface area contributed by atoms with Gasteiger partial charge in [0.2, 0.25) is 5.89 Å². The number of hydrogen-bond acceptors (Lipinski definition) is 4. The first-order valence-corrected chi connectivity index (χ1v) is 10.2. The van der Waals surface area contributed by atoms with Gasteiger partial charge in [0.25, 0.3) is 0 Å². The van der Waals surface area contributed by atoms with Crippen molar-refractivity contribution >= 4 is 10.9 Å². The van der Waals surface area contributed by atoms with Crippen LogP contribution in [0, 0.1) is 0 Å². The molecule has 5 rings (SSSR count). The van der Waals surface area contributed by atoms with E-state index in [0.717, 1.165) is 44.1 Å². The molecule has 27 heavy (non-hydrogen) atoms. The highest BCUT2D eigenvalue weighted by atomic mass is 16.5. The lowest BCUT2D eigenvalue weighted by atomic mass is 10.1. The molecule has 0 N–H and O–H groups in total. The zero-order valence-electron chi connectivity index (χ0n) is 15.7. The Morgan fingerprint density at radius 1 is 1.07 bits per heavy atom. The number of hydrogen-bond donors (Lipinski definition) is 0. The lowest BCUT2D eigenvalue weighted by molar-refractivity contribution is 0.0929. The van der Waals surface area contributed by atoms with Crippen molar-refractivity contribution in [2.24, 2.45) is 0 Å². The quantitative estimate of drug-likeness (QED) is 0.652. The van der Waals surface area contributed by atoms with Crippen LogP contribution < -0.4 is 4.74 Å². The molecule has 5 heteroatoms. The lowest BCUT2D eigenvalue weighted by Crippen LogP contribution is -2.37. The number of piperidine rings is 1. The molecule has 3 aromatic rings. The SMILES string of the molecule is c1cc(OC2CCN(Cc3ncco3)CC2)c2ccn(C3CCCC3)c2c1. The maximum Gasteiger partial charge on any atom is 0.208 e. The average Bonchev–Trinajstić information content (AvgIpc) is 3.45. The summed E-state index contributed by atoms with van der Waals surface area (Å²) in [6.07, 6.45) is 13.3. The van der Waals surface area contributed by atoms with Crippen LogP contribution in [-0.2, 0) is 6.54 Å². The fraction of sp³-hybridized carbons (Fsp3) is 0.500. The van der Waals surface area contributed by atoms with Gasteiger partial charge in [-0.1, -0.05) is 18.9 Å². The minimum absolute atomic E-state index is 0.284. The summed E-state index contributed by atoms with van der Waals surface area (Å²) in [7, 11) is 0. The second-order valence-corrected chi connectivity index (χ2v) is 7.87. The van der Waals surface area contributed by atoms with Gasteiger partial charge >= 0.3 is 0 Å². The van der Waals surface area contributed by atoms with Gasteiger partial charge < -0.3 is 13.7 Å². The second-order valence-electron chi connectivity index (χ2n) is 7.87. The Balaban J connectivity index is 1.25. The lowest BCUT2D eigenvalue weighted by Gasteiger charge is -2.31. The van der Waals surface area contributed by atoms with E-state index in [0.29, 0.717) is 6.04 Å². The van der Waals surface area contributed by atoms with E-state index in [4.69, 9.17) is 9.15 Å². The van der Waals surface area contributed by atoms with Gasteiger partial charge in [-0.05, 0) is 43.9 Å². The minimum atomic E-state index is 0.284. The number of fused-ring (bicyclic) bond motifs is 1. The van der Waals surface area contributed by atoms with Crippen molar-refractivity contribution in [3.8, 4) is 5.75 Å². The van der Waals surface area contributed by atoms with Crippen molar-refractivity contribution in [2.45, 2.75) is 57.2 Å². The first kappa shape index (κ1) is 16.9. The van der Waals surface area contributed by atoms with Crippen LogP contribution in [0.1, 0.15) is 50.5 Å². The standard InChI is InChI=1S/C22H27N3O2/c1-2-5-17(4-1)25-14-10-19-20(25)6-3-7-21(19)27-18-8-12-24(13-9-18)16-22-23-11-15-26-22/h3,6-7,10-11,14-15,17-18H,1-2,4-5,8-9,12-13,16H2. The van der Waals surface area contributed by atoms with E-state index < -0.39 is 0 Å². The molecule has 1 saturated carbocycles. The molecule has 3 heterocycles. The number of rotatable bonds is 5. The van der Waals surface area contributed by atoms with Gasteiger partial charge in [-0.2, -0.15) is 0 Å². The van der Waals surface area contributed by atoms with Gasteiger partial charge in [-0.3, -0.25) is 4.90 Å². The van der Waals surface area contributed by atoms with E-state index in [9.17, 15) is 0 Å². The van der Waals surface area contributed by atoms with Crippen molar-refractivity contribution in [1.29, 1.82) is 0 Å². The molecular formula is C22H27N3O2. The molecule has 0 bridgehead atoms. The topological polar surface area (TPSA) is 43.4 Å². The summed E-state index contributed by atoms with van der Waals surface area (Å²) in [5, 5.41) is 1.26. The van der Waals surface area contributed by atoms with Gasteiger partial charge in [0, 0.05) is 30.7 Å². The molecule has 1 aliphatic heterocycles. The van der Waals surface area contributed by atoms with E-state index in [2.05, 4.69) is 44.9 Å². The zero-order valence-corrected chi connectivity index (χ0v) is 15.7. The summed E-state index contributed by atoms with van der Waals surface area (Å²) in [5.41, 5.74) is 1.32. The van der Waals surface area contributed by atoms with E-state index in [1.54, 1.807) is 12.5 Å². The zero-order chi connectivity index (χ0) is 18.1. The molecule has 2 aromatic heterocycles. The maximum atomic E-state index is 6.45. The van der Waals surface area contributed by atoms with Crippen molar-refractivity contribution < 1.29 is 9.15 Å². The van der Waals surface area contributed by atoms with Gasteiger partial charge in [0.1, 0.15) is 18.1 Å². The predicted octanol–water partition coefficient (Wildman–Crippen LogP) is 4.79. The molecule has 2 aliphatic rings. The van der Waals surface area contributed by atoms with Crippen molar-refractivity contribution in [3.63, 3.8) is 0 Å². The minimum Gasteiger partial charge on any atom is -0.490 e. The average molecular weight is 365 g/mol. The van der Waals surface area contributed by atoms with Gasteiger partial charge in [0.05, 0.1) is 18.3 Å². The van der Waals surface area contributed by atoms with Gasteiger partial charge in [0.15, 0.2) is 0 Å². The van der Waals surface area contributed by atoms with E-state index >= 15 is 0 Å². The summed E-state index contributed by atoms with van der Waals surface area (Å²) in [6, 6.07) is 9.40. The smallest absolute Gasteiger partial charge is 0.208 e. The largest absolute Gasteiger partial charge is 0.490 e. The van der Waals surface area contributed by atoms with Crippen LogP contribution in [0.25, 0.3) is 10.9 Å². The molecule has 0 spiro atoms. The highest BCUT2D eigenvalue weighted by Crippen LogP contribution is 2.36. The van der Waals surface area contributed by atoms with Crippen LogP contribution in [0.3, 0.4) is 0 Å². The number of oxazole rings is 1. The molecule has 142 valence electrons.